The number of amides is 1. The Morgan fingerprint density at radius 1 is 1.17 bits per heavy atom. The maximum Gasteiger partial charge on any atom is 0.247 e. The number of carbonyl (C=O) groups excluding carboxylic acids is 1. The summed E-state index contributed by atoms with van der Waals surface area (Å²) in [7, 11) is -2.42. The Kier molecular flexibility index (Phi) is 6.09. The minimum Gasteiger partial charge on any atom is -0.495 e. The number of benzene rings is 2. The molecule has 1 amide bonds. The molecule has 0 saturated carbocycles. The second-order valence-electron chi connectivity index (χ2n) is 6.40. The summed E-state index contributed by atoms with van der Waals surface area (Å²) in [6.45, 7) is 2.35. The van der Waals surface area contributed by atoms with Crippen molar-refractivity contribution < 1.29 is 27.4 Å². The molecule has 1 atom stereocenters. The van der Waals surface area contributed by atoms with Gasteiger partial charge in [-0.25, -0.2) is 8.42 Å². The zero-order valence-electron chi connectivity index (χ0n) is 16.1. The number of rotatable bonds is 6. The lowest BCUT2D eigenvalue weighted by molar-refractivity contribution is -0.116. The number of hydrogen-bond acceptors (Lipinski definition) is 6. The molecule has 156 valence electrons. The van der Waals surface area contributed by atoms with Gasteiger partial charge in [0.15, 0.2) is 11.5 Å². The second kappa shape index (κ2) is 8.38. The van der Waals surface area contributed by atoms with Crippen LogP contribution in [0.15, 0.2) is 36.4 Å². The molecule has 29 heavy (non-hydrogen) atoms. The molecule has 10 heteroatoms. The van der Waals surface area contributed by atoms with Gasteiger partial charge in [-0.3, -0.25) is 9.10 Å². The highest BCUT2D eigenvalue weighted by Gasteiger charge is 2.31. The average Bonchev–Trinajstić information content (AvgIpc) is 2.67. The molecule has 2 aromatic rings. The minimum atomic E-state index is -3.83. The van der Waals surface area contributed by atoms with Crippen LogP contribution in [0.1, 0.15) is 6.92 Å². The summed E-state index contributed by atoms with van der Waals surface area (Å²) in [5, 5.41) is 3.03. The van der Waals surface area contributed by atoms with Crippen LogP contribution in [0.4, 0.5) is 11.4 Å². The van der Waals surface area contributed by atoms with E-state index in [9.17, 15) is 13.2 Å². The lowest BCUT2D eigenvalue weighted by Crippen LogP contribution is -2.45. The van der Waals surface area contributed by atoms with Crippen LogP contribution < -0.4 is 23.8 Å². The van der Waals surface area contributed by atoms with Crippen molar-refractivity contribution >= 4 is 38.9 Å². The number of fused-ring (bicyclic) bond motifs is 1. The lowest BCUT2D eigenvalue weighted by atomic mass is 10.2. The first-order chi connectivity index (χ1) is 13.7. The number of carbonyl (C=O) groups is 1. The predicted octanol–water partition coefficient (Wildman–Crippen LogP) is 2.91. The lowest BCUT2D eigenvalue weighted by Gasteiger charge is -2.29. The van der Waals surface area contributed by atoms with E-state index < -0.39 is 22.0 Å². The summed E-state index contributed by atoms with van der Waals surface area (Å²) >= 11 is 6.05. The van der Waals surface area contributed by atoms with Gasteiger partial charge in [0.1, 0.15) is 25.0 Å². The van der Waals surface area contributed by atoms with Gasteiger partial charge >= 0.3 is 0 Å². The molecule has 0 bridgehead atoms. The molecule has 0 spiro atoms. The second-order valence-corrected chi connectivity index (χ2v) is 8.69. The highest BCUT2D eigenvalue weighted by Crippen LogP contribution is 2.35. The molecule has 8 nitrogen and oxygen atoms in total. The first-order valence-electron chi connectivity index (χ1n) is 8.74. The van der Waals surface area contributed by atoms with Gasteiger partial charge in [-0.1, -0.05) is 11.6 Å². The monoisotopic (exact) mass is 440 g/mol. The molecular formula is C19H21ClN2O6S. The summed E-state index contributed by atoms with van der Waals surface area (Å²) < 4.78 is 42.2. The van der Waals surface area contributed by atoms with E-state index in [1.54, 1.807) is 30.3 Å². The van der Waals surface area contributed by atoms with Crippen molar-refractivity contribution in [2.45, 2.75) is 13.0 Å². The van der Waals surface area contributed by atoms with Crippen molar-refractivity contribution in [3.8, 4) is 17.2 Å². The van der Waals surface area contributed by atoms with Gasteiger partial charge in [-0.2, -0.15) is 0 Å². The fraction of sp³-hybridized carbons (Fsp3) is 0.316. The summed E-state index contributed by atoms with van der Waals surface area (Å²) in [6.07, 6.45) is 1.02. The Bertz CT molecular complexity index is 1030. The largest absolute Gasteiger partial charge is 0.495 e. The van der Waals surface area contributed by atoms with Crippen LogP contribution in [-0.2, 0) is 14.8 Å². The Hall–Kier alpha value is -2.65. The van der Waals surface area contributed by atoms with Gasteiger partial charge in [-0.05, 0) is 37.3 Å². The van der Waals surface area contributed by atoms with Gasteiger partial charge in [0.05, 0.1) is 19.1 Å². The Labute approximate surface area is 174 Å². The van der Waals surface area contributed by atoms with E-state index in [1.165, 1.54) is 20.1 Å². The predicted molar refractivity (Wildman–Crippen MR) is 111 cm³/mol. The molecule has 1 N–H and O–H groups in total. The van der Waals surface area contributed by atoms with E-state index in [1.807, 2.05) is 0 Å². The third-order valence-electron chi connectivity index (χ3n) is 4.28. The molecule has 2 aromatic carbocycles. The molecule has 0 unspecified atom stereocenters. The third kappa shape index (κ3) is 4.68. The molecule has 0 saturated heterocycles. The molecule has 1 heterocycles. The van der Waals surface area contributed by atoms with Crippen LogP contribution in [0.25, 0.3) is 0 Å². The molecule has 3 rings (SSSR count). The van der Waals surface area contributed by atoms with Crippen LogP contribution in [0, 0.1) is 0 Å². The van der Waals surface area contributed by atoms with Crippen molar-refractivity contribution in [2.24, 2.45) is 0 Å². The number of ether oxygens (including phenoxy) is 3. The SMILES string of the molecule is COc1ccc(Cl)cc1N([C@@H](C)C(=O)Nc1ccc2c(c1)OCCO2)S(C)(=O)=O. The molecule has 0 radical (unpaired) electrons. The van der Waals surface area contributed by atoms with Gasteiger partial charge in [0.2, 0.25) is 15.9 Å². The number of nitrogens with one attached hydrogen (secondary N) is 1. The molecule has 1 aliphatic heterocycles. The van der Waals surface area contributed by atoms with E-state index in [4.69, 9.17) is 25.8 Å². The first-order valence-corrected chi connectivity index (χ1v) is 11.0. The Morgan fingerprint density at radius 3 is 2.52 bits per heavy atom. The standard InChI is InChI=1S/C19H21ClN2O6S/c1-12(19(23)21-14-5-7-17-18(11-14)28-9-8-27-17)22(29(3,24)25)15-10-13(20)4-6-16(15)26-2/h4-7,10-12H,8-9H2,1-3H3,(H,21,23)/t12-/m0/s1. The summed E-state index contributed by atoms with van der Waals surface area (Å²) in [5.74, 6) is 0.842. The molecule has 0 fully saturated rings. The fourth-order valence-electron chi connectivity index (χ4n) is 2.98. The Balaban J connectivity index is 1.90. The van der Waals surface area contributed by atoms with Crippen molar-refractivity contribution in [2.75, 3.05) is 36.2 Å². The molecule has 0 aliphatic carbocycles. The molecule has 1 aliphatic rings. The summed E-state index contributed by atoms with van der Waals surface area (Å²) in [6, 6.07) is 8.45. The van der Waals surface area contributed by atoms with E-state index >= 15 is 0 Å². The highest BCUT2D eigenvalue weighted by atomic mass is 35.5. The Morgan fingerprint density at radius 2 is 1.86 bits per heavy atom. The number of halogens is 1. The minimum absolute atomic E-state index is 0.173. The molecular weight excluding hydrogens is 420 g/mol. The maximum absolute atomic E-state index is 12.9. The van der Waals surface area contributed by atoms with Gasteiger partial charge in [0.25, 0.3) is 0 Å². The quantitative estimate of drug-likeness (QED) is 0.742. The maximum atomic E-state index is 12.9. The van der Waals surface area contributed by atoms with Crippen LogP contribution in [0.2, 0.25) is 5.02 Å². The number of nitrogens with zero attached hydrogens (tertiary/aromatic N) is 1. The number of anilines is 2. The summed E-state index contributed by atoms with van der Waals surface area (Å²) in [5.41, 5.74) is 0.630. The van der Waals surface area contributed by atoms with Crippen molar-refractivity contribution in [3.05, 3.63) is 41.4 Å². The number of sulfonamides is 1. The average molecular weight is 441 g/mol. The summed E-state index contributed by atoms with van der Waals surface area (Å²) in [4.78, 5) is 12.9. The fourth-order valence-corrected chi connectivity index (χ4v) is 4.32. The van der Waals surface area contributed by atoms with Gasteiger partial charge < -0.3 is 19.5 Å². The van der Waals surface area contributed by atoms with E-state index in [-0.39, 0.29) is 11.4 Å². The van der Waals surface area contributed by atoms with Crippen molar-refractivity contribution in [1.29, 1.82) is 0 Å². The van der Waals surface area contributed by atoms with E-state index in [0.29, 0.717) is 35.4 Å². The van der Waals surface area contributed by atoms with Crippen LogP contribution in [0.5, 0.6) is 17.2 Å². The smallest absolute Gasteiger partial charge is 0.247 e. The highest BCUT2D eigenvalue weighted by molar-refractivity contribution is 7.92. The zero-order chi connectivity index (χ0) is 21.2. The molecule has 0 aromatic heterocycles. The van der Waals surface area contributed by atoms with Crippen molar-refractivity contribution in [3.63, 3.8) is 0 Å². The van der Waals surface area contributed by atoms with Crippen LogP contribution in [-0.4, -0.2) is 46.9 Å². The topological polar surface area (TPSA) is 94.2 Å². The van der Waals surface area contributed by atoms with E-state index in [2.05, 4.69) is 5.32 Å². The van der Waals surface area contributed by atoms with Crippen molar-refractivity contribution in [1.82, 2.24) is 0 Å². The van der Waals surface area contributed by atoms with Gasteiger partial charge in [-0.15, -0.1) is 0 Å². The van der Waals surface area contributed by atoms with Crippen LogP contribution in [0.3, 0.4) is 0 Å². The number of methoxy groups -OCH3 is 1. The van der Waals surface area contributed by atoms with Gasteiger partial charge in [0, 0.05) is 16.8 Å². The normalized spacial score (nSPS) is 14.1. The number of hydrogen-bond donors (Lipinski definition) is 1. The van der Waals surface area contributed by atoms with Crippen LogP contribution >= 0.6 is 11.6 Å². The third-order valence-corrected chi connectivity index (χ3v) is 5.74. The first kappa shape index (κ1) is 21.1. The zero-order valence-corrected chi connectivity index (χ0v) is 17.7. The van der Waals surface area contributed by atoms with E-state index in [0.717, 1.165) is 10.6 Å².